The van der Waals surface area contributed by atoms with Crippen LogP contribution in [0.4, 0.5) is 10.1 Å². The van der Waals surface area contributed by atoms with Gasteiger partial charge in [0.1, 0.15) is 5.82 Å². The molecule has 0 fully saturated rings. The fourth-order valence-electron chi connectivity index (χ4n) is 2.25. The Morgan fingerprint density at radius 3 is 2.67 bits per heavy atom. The summed E-state index contributed by atoms with van der Waals surface area (Å²) in [7, 11) is 0. The summed E-state index contributed by atoms with van der Waals surface area (Å²) in [6, 6.07) is 3.78. The van der Waals surface area contributed by atoms with Gasteiger partial charge in [0.05, 0.1) is 0 Å². The van der Waals surface area contributed by atoms with Gasteiger partial charge in [0, 0.05) is 24.3 Å². The molecular weight excluding hydrogens is 275 g/mol. The molecule has 2 rings (SSSR count). The van der Waals surface area contributed by atoms with E-state index in [1.54, 1.807) is 25.1 Å². The Labute approximate surface area is 121 Å². The molecule has 1 aliphatic carbocycles. The van der Waals surface area contributed by atoms with Gasteiger partial charge in [-0.3, -0.25) is 9.59 Å². The SMILES string of the molecule is Cc1cc(F)cc(NC(=O)C(=O)N[C@@H]2C=C[C@H](CO)C2)c1. The van der Waals surface area contributed by atoms with Crippen molar-refractivity contribution in [1.82, 2.24) is 5.32 Å². The lowest BCUT2D eigenvalue weighted by atomic mass is 10.1. The van der Waals surface area contributed by atoms with E-state index in [0.717, 1.165) is 6.07 Å². The minimum absolute atomic E-state index is 0.00392. The molecule has 3 N–H and O–H groups in total. The molecule has 0 unspecified atom stereocenters. The van der Waals surface area contributed by atoms with Gasteiger partial charge in [-0.05, 0) is 37.1 Å². The summed E-state index contributed by atoms with van der Waals surface area (Å²) in [4.78, 5) is 23.5. The number of nitrogens with one attached hydrogen (secondary N) is 2. The molecule has 2 amide bonds. The molecule has 0 heterocycles. The molecule has 5 nitrogen and oxygen atoms in total. The van der Waals surface area contributed by atoms with E-state index in [-0.39, 0.29) is 24.3 Å². The third-order valence-electron chi connectivity index (χ3n) is 3.23. The van der Waals surface area contributed by atoms with Gasteiger partial charge in [0.15, 0.2) is 0 Å². The minimum atomic E-state index is -0.846. The van der Waals surface area contributed by atoms with Crippen LogP contribution in [-0.4, -0.2) is 29.6 Å². The summed E-state index contributed by atoms with van der Waals surface area (Å²) in [5.41, 5.74) is 0.887. The van der Waals surface area contributed by atoms with Crippen LogP contribution >= 0.6 is 0 Å². The number of carbonyl (C=O) groups is 2. The van der Waals surface area contributed by atoms with Gasteiger partial charge in [0.25, 0.3) is 0 Å². The summed E-state index contributed by atoms with van der Waals surface area (Å²) in [5.74, 6) is -2.11. The molecule has 6 heteroatoms. The number of aryl methyl sites for hydroxylation is 1. The Hall–Kier alpha value is -2.21. The van der Waals surface area contributed by atoms with E-state index >= 15 is 0 Å². The number of amides is 2. The summed E-state index contributed by atoms with van der Waals surface area (Å²) in [5, 5.41) is 13.9. The van der Waals surface area contributed by atoms with Crippen LogP contribution in [0.5, 0.6) is 0 Å². The third-order valence-corrected chi connectivity index (χ3v) is 3.23. The van der Waals surface area contributed by atoms with Crippen molar-refractivity contribution in [2.75, 3.05) is 11.9 Å². The Balaban J connectivity index is 1.91. The second kappa shape index (κ2) is 6.49. The zero-order valence-corrected chi connectivity index (χ0v) is 11.6. The van der Waals surface area contributed by atoms with Crippen molar-refractivity contribution >= 4 is 17.5 Å². The van der Waals surface area contributed by atoms with Gasteiger partial charge in [-0.2, -0.15) is 0 Å². The predicted molar refractivity (Wildman–Crippen MR) is 76.0 cm³/mol. The molecule has 0 saturated carbocycles. The van der Waals surface area contributed by atoms with Gasteiger partial charge in [-0.1, -0.05) is 12.2 Å². The van der Waals surface area contributed by atoms with Crippen LogP contribution < -0.4 is 10.6 Å². The molecule has 0 aliphatic heterocycles. The molecule has 0 radical (unpaired) electrons. The minimum Gasteiger partial charge on any atom is -0.396 e. The predicted octanol–water partition coefficient (Wildman–Crippen LogP) is 1.13. The Bertz CT molecular complexity index is 566. The molecule has 112 valence electrons. The second-order valence-corrected chi connectivity index (χ2v) is 5.11. The van der Waals surface area contributed by atoms with Crippen molar-refractivity contribution in [3.63, 3.8) is 0 Å². The van der Waals surface area contributed by atoms with Crippen molar-refractivity contribution in [1.29, 1.82) is 0 Å². The van der Waals surface area contributed by atoms with Crippen molar-refractivity contribution < 1.29 is 19.1 Å². The summed E-state index contributed by atoms with van der Waals surface area (Å²) >= 11 is 0. The van der Waals surface area contributed by atoms with Crippen LogP contribution in [0.1, 0.15) is 12.0 Å². The first-order valence-electron chi connectivity index (χ1n) is 6.66. The molecular formula is C15H17FN2O3. The van der Waals surface area contributed by atoms with E-state index in [1.807, 2.05) is 0 Å². The van der Waals surface area contributed by atoms with Crippen molar-refractivity contribution in [3.05, 3.63) is 41.7 Å². The highest BCUT2D eigenvalue weighted by Gasteiger charge is 2.23. The van der Waals surface area contributed by atoms with E-state index in [1.165, 1.54) is 6.07 Å². The Morgan fingerprint density at radius 1 is 1.29 bits per heavy atom. The molecule has 21 heavy (non-hydrogen) atoms. The van der Waals surface area contributed by atoms with Crippen LogP contribution in [0, 0.1) is 18.7 Å². The van der Waals surface area contributed by atoms with Crippen LogP contribution in [0.15, 0.2) is 30.4 Å². The largest absolute Gasteiger partial charge is 0.396 e. The van der Waals surface area contributed by atoms with E-state index in [9.17, 15) is 14.0 Å². The van der Waals surface area contributed by atoms with Crippen LogP contribution in [0.3, 0.4) is 0 Å². The van der Waals surface area contributed by atoms with Gasteiger partial charge in [-0.25, -0.2) is 4.39 Å². The number of carbonyl (C=O) groups excluding carboxylic acids is 2. The highest BCUT2D eigenvalue weighted by molar-refractivity contribution is 6.39. The lowest BCUT2D eigenvalue weighted by Gasteiger charge is -2.12. The van der Waals surface area contributed by atoms with Gasteiger partial charge in [-0.15, -0.1) is 0 Å². The number of rotatable bonds is 3. The first-order valence-corrected chi connectivity index (χ1v) is 6.66. The molecule has 1 aliphatic rings. The average molecular weight is 292 g/mol. The maximum atomic E-state index is 13.2. The van der Waals surface area contributed by atoms with Gasteiger partial charge < -0.3 is 15.7 Å². The molecule has 2 atom stereocenters. The molecule has 0 spiro atoms. The summed E-state index contributed by atoms with van der Waals surface area (Å²) < 4.78 is 13.2. The fourth-order valence-corrected chi connectivity index (χ4v) is 2.25. The lowest BCUT2D eigenvalue weighted by Crippen LogP contribution is -2.40. The Morgan fingerprint density at radius 2 is 2.05 bits per heavy atom. The van der Waals surface area contributed by atoms with E-state index in [4.69, 9.17) is 5.11 Å². The van der Waals surface area contributed by atoms with Crippen LogP contribution in [0.2, 0.25) is 0 Å². The first-order chi connectivity index (χ1) is 9.97. The topological polar surface area (TPSA) is 78.4 Å². The highest BCUT2D eigenvalue weighted by atomic mass is 19.1. The number of aliphatic hydroxyl groups excluding tert-OH is 1. The third kappa shape index (κ3) is 4.13. The second-order valence-electron chi connectivity index (χ2n) is 5.11. The Kier molecular flexibility index (Phi) is 4.70. The monoisotopic (exact) mass is 292 g/mol. The van der Waals surface area contributed by atoms with Crippen molar-refractivity contribution in [3.8, 4) is 0 Å². The molecule has 1 aromatic rings. The molecule has 0 saturated heterocycles. The summed E-state index contributed by atoms with van der Waals surface area (Å²) in [6.07, 6.45) is 4.12. The summed E-state index contributed by atoms with van der Waals surface area (Å²) in [6.45, 7) is 1.70. The van der Waals surface area contributed by atoms with E-state index in [0.29, 0.717) is 12.0 Å². The van der Waals surface area contributed by atoms with Gasteiger partial charge >= 0.3 is 11.8 Å². The smallest absolute Gasteiger partial charge is 0.313 e. The number of hydrogen-bond donors (Lipinski definition) is 3. The molecule has 0 aromatic heterocycles. The highest BCUT2D eigenvalue weighted by Crippen LogP contribution is 2.17. The normalized spacial score (nSPS) is 20.3. The van der Waals surface area contributed by atoms with Crippen LogP contribution in [0.25, 0.3) is 0 Å². The molecule has 1 aromatic carbocycles. The van der Waals surface area contributed by atoms with E-state index in [2.05, 4.69) is 10.6 Å². The zero-order chi connectivity index (χ0) is 15.4. The number of aliphatic hydroxyl groups is 1. The lowest BCUT2D eigenvalue weighted by molar-refractivity contribution is -0.136. The standard InChI is InChI=1S/C15H17FN2O3/c1-9-4-11(16)7-13(5-9)18-15(21)14(20)17-12-3-2-10(6-12)8-19/h2-5,7,10,12,19H,6,8H2,1H3,(H,17,20)(H,18,21)/t10-,12+/m0/s1. The fraction of sp³-hybridized carbons (Fsp3) is 0.333. The molecule has 0 bridgehead atoms. The number of anilines is 1. The maximum absolute atomic E-state index is 13.2. The van der Waals surface area contributed by atoms with E-state index < -0.39 is 17.6 Å². The average Bonchev–Trinajstić information content (AvgIpc) is 2.85. The van der Waals surface area contributed by atoms with Crippen molar-refractivity contribution in [2.45, 2.75) is 19.4 Å². The van der Waals surface area contributed by atoms with Crippen molar-refractivity contribution in [2.24, 2.45) is 5.92 Å². The quantitative estimate of drug-likeness (QED) is 0.577. The van der Waals surface area contributed by atoms with Gasteiger partial charge in [0.2, 0.25) is 0 Å². The maximum Gasteiger partial charge on any atom is 0.313 e. The first kappa shape index (κ1) is 15.2. The number of benzene rings is 1. The van der Waals surface area contributed by atoms with Crippen LogP contribution in [-0.2, 0) is 9.59 Å². The number of hydrogen-bond acceptors (Lipinski definition) is 3. The zero-order valence-electron chi connectivity index (χ0n) is 11.6. The number of halogens is 1.